The second kappa shape index (κ2) is 8.54. The van der Waals surface area contributed by atoms with Gasteiger partial charge in [0, 0.05) is 42.7 Å². The predicted molar refractivity (Wildman–Crippen MR) is 102 cm³/mol. The van der Waals surface area contributed by atoms with Gasteiger partial charge in [-0.15, -0.1) is 11.3 Å². The number of aliphatic carboxylic acids is 1. The van der Waals surface area contributed by atoms with Crippen LogP contribution < -0.4 is 5.32 Å². The molecular weight excluding hydrogens is 406 g/mol. The van der Waals surface area contributed by atoms with E-state index in [4.69, 9.17) is 9.84 Å². The zero-order valence-electron chi connectivity index (χ0n) is 16.0. The molecule has 0 saturated carbocycles. The fourth-order valence-corrected chi connectivity index (χ4v) is 4.28. The number of amidine groups is 1. The van der Waals surface area contributed by atoms with E-state index in [9.17, 15) is 18.4 Å². The number of carboxylic acid groups (broad SMARTS) is 1. The fourth-order valence-electron chi connectivity index (χ4n) is 3.68. The molecule has 1 fully saturated rings. The molecular formula is C18H22F2N4O4S. The Bertz CT molecular complexity index is 841. The highest BCUT2D eigenvalue weighted by atomic mass is 32.1. The maximum atomic E-state index is 14.2. The minimum atomic E-state index is -2.93. The molecule has 1 aromatic rings. The Hall–Kier alpha value is -2.40. The third-order valence-corrected chi connectivity index (χ3v) is 5.80. The molecule has 1 aromatic heterocycles. The van der Waals surface area contributed by atoms with E-state index in [-0.39, 0.29) is 25.1 Å². The van der Waals surface area contributed by atoms with Crippen LogP contribution in [0.2, 0.25) is 0 Å². The highest BCUT2D eigenvalue weighted by molar-refractivity contribution is 7.11. The zero-order chi connectivity index (χ0) is 21.2. The number of ether oxygens (including phenoxy) is 1. The topological polar surface area (TPSA) is 104 Å². The van der Waals surface area contributed by atoms with Crippen molar-refractivity contribution in [2.45, 2.75) is 31.7 Å². The maximum Gasteiger partial charge on any atom is 0.337 e. The number of aromatic nitrogens is 1. The lowest BCUT2D eigenvalue weighted by atomic mass is 9.95. The van der Waals surface area contributed by atoms with E-state index in [1.54, 1.807) is 18.5 Å². The molecule has 2 aliphatic heterocycles. The first-order valence-corrected chi connectivity index (χ1v) is 9.93. The summed E-state index contributed by atoms with van der Waals surface area (Å²) < 4.78 is 33.2. The molecule has 158 valence electrons. The number of esters is 1. The van der Waals surface area contributed by atoms with Crippen LogP contribution in [0, 0.1) is 5.92 Å². The summed E-state index contributed by atoms with van der Waals surface area (Å²) in [6, 6.07) is -0.628. The van der Waals surface area contributed by atoms with Gasteiger partial charge in [-0.25, -0.2) is 18.6 Å². The first-order chi connectivity index (χ1) is 13.7. The van der Waals surface area contributed by atoms with Crippen molar-refractivity contribution in [3.05, 3.63) is 27.9 Å². The number of rotatable bonds is 7. The summed E-state index contributed by atoms with van der Waals surface area (Å²) in [6.45, 7) is 1.22. The number of hydrogen-bond donors (Lipinski definition) is 2. The van der Waals surface area contributed by atoms with Crippen LogP contribution in [0.25, 0.3) is 0 Å². The summed E-state index contributed by atoms with van der Waals surface area (Å²) >= 11 is 1.36. The van der Waals surface area contributed by atoms with Gasteiger partial charge in [0.15, 0.2) is 10.8 Å². The molecule has 0 bridgehead atoms. The molecule has 11 heteroatoms. The van der Waals surface area contributed by atoms with E-state index in [0.717, 1.165) is 0 Å². The van der Waals surface area contributed by atoms with Crippen LogP contribution in [0.15, 0.2) is 27.8 Å². The number of thiazole rings is 1. The lowest BCUT2D eigenvalue weighted by Gasteiger charge is -2.30. The van der Waals surface area contributed by atoms with Crippen molar-refractivity contribution >= 4 is 29.1 Å². The van der Waals surface area contributed by atoms with E-state index >= 15 is 0 Å². The molecule has 2 atom stereocenters. The number of carbonyl (C=O) groups excluding carboxylic acids is 1. The van der Waals surface area contributed by atoms with Crippen molar-refractivity contribution < 1.29 is 28.2 Å². The third-order valence-electron chi connectivity index (χ3n) is 5.02. The Morgan fingerprint density at radius 2 is 2.28 bits per heavy atom. The van der Waals surface area contributed by atoms with Crippen molar-refractivity contribution in [3.63, 3.8) is 0 Å². The van der Waals surface area contributed by atoms with E-state index in [0.29, 0.717) is 16.5 Å². The molecule has 3 heterocycles. The number of aliphatic imine (C=N–C) groups is 1. The monoisotopic (exact) mass is 428 g/mol. The number of nitrogens with one attached hydrogen (secondary N) is 1. The van der Waals surface area contributed by atoms with Crippen molar-refractivity contribution in [1.29, 1.82) is 0 Å². The molecule has 29 heavy (non-hydrogen) atoms. The van der Waals surface area contributed by atoms with Gasteiger partial charge in [0.05, 0.1) is 25.8 Å². The number of nitrogens with zero attached hydrogens (tertiary/aromatic N) is 3. The van der Waals surface area contributed by atoms with Crippen molar-refractivity contribution in [2.75, 3.05) is 26.7 Å². The molecule has 2 N–H and O–H groups in total. The van der Waals surface area contributed by atoms with Crippen LogP contribution >= 0.6 is 11.3 Å². The van der Waals surface area contributed by atoms with E-state index in [2.05, 4.69) is 15.3 Å². The molecule has 0 spiro atoms. The number of alkyl halides is 2. The van der Waals surface area contributed by atoms with Crippen molar-refractivity contribution in [3.8, 4) is 0 Å². The SMILES string of the molecule is COC(=O)C1=C(CN2CC(F)(F)CC2C(C)CC(=O)O)NC(c2nccs2)=NC1. The number of likely N-dealkylation sites (tertiary alicyclic amines) is 1. The molecule has 0 amide bonds. The summed E-state index contributed by atoms with van der Waals surface area (Å²) in [4.78, 5) is 33.3. The summed E-state index contributed by atoms with van der Waals surface area (Å²) in [6.07, 6.45) is 0.989. The van der Waals surface area contributed by atoms with Crippen LogP contribution in [-0.2, 0) is 14.3 Å². The smallest absolute Gasteiger partial charge is 0.337 e. The summed E-state index contributed by atoms with van der Waals surface area (Å²) in [5.41, 5.74) is 0.676. The molecule has 8 nitrogen and oxygen atoms in total. The van der Waals surface area contributed by atoms with E-state index in [1.165, 1.54) is 23.3 Å². The highest BCUT2D eigenvalue weighted by Gasteiger charge is 2.47. The van der Waals surface area contributed by atoms with Crippen LogP contribution in [0.3, 0.4) is 0 Å². The largest absolute Gasteiger partial charge is 0.481 e. The van der Waals surface area contributed by atoms with Gasteiger partial charge in [-0.2, -0.15) is 0 Å². The van der Waals surface area contributed by atoms with Gasteiger partial charge in [0.1, 0.15) is 0 Å². The first-order valence-electron chi connectivity index (χ1n) is 9.05. The van der Waals surface area contributed by atoms with Gasteiger partial charge in [0.2, 0.25) is 0 Å². The van der Waals surface area contributed by atoms with Gasteiger partial charge in [-0.3, -0.25) is 14.7 Å². The van der Waals surface area contributed by atoms with Gasteiger partial charge in [0.25, 0.3) is 5.92 Å². The summed E-state index contributed by atoms with van der Waals surface area (Å²) in [7, 11) is 1.24. The van der Waals surface area contributed by atoms with Gasteiger partial charge in [-0.05, 0) is 5.92 Å². The zero-order valence-corrected chi connectivity index (χ0v) is 16.8. The number of carboxylic acids is 1. The number of hydrogen-bond acceptors (Lipinski definition) is 8. The molecule has 3 rings (SSSR count). The number of methoxy groups -OCH3 is 1. The Labute approximate surface area is 170 Å². The molecule has 1 saturated heterocycles. The average Bonchev–Trinajstić information content (AvgIpc) is 3.28. The van der Waals surface area contributed by atoms with E-state index < -0.39 is 42.8 Å². The van der Waals surface area contributed by atoms with Crippen LogP contribution in [0.4, 0.5) is 8.78 Å². The lowest BCUT2D eigenvalue weighted by molar-refractivity contribution is -0.138. The average molecular weight is 428 g/mol. The fraction of sp³-hybridized carbons (Fsp3) is 0.556. The van der Waals surface area contributed by atoms with Crippen LogP contribution in [0.1, 0.15) is 24.8 Å². The quantitative estimate of drug-likeness (QED) is 0.638. The minimum absolute atomic E-state index is 0.0268. The minimum Gasteiger partial charge on any atom is -0.481 e. The second-order valence-corrected chi connectivity index (χ2v) is 8.08. The summed E-state index contributed by atoms with van der Waals surface area (Å²) in [5, 5.41) is 14.5. The van der Waals surface area contributed by atoms with Crippen molar-refractivity contribution in [1.82, 2.24) is 15.2 Å². The Balaban J connectivity index is 1.85. The van der Waals surface area contributed by atoms with Crippen LogP contribution in [0.5, 0.6) is 0 Å². The molecule has 0 aliphatic carbocycles. The highest BCUT2D eigenvalue weighted by Crippen LogP contribution is 2.37. The number of carbonyl (C=O) groups is 2. The standard InChI is InChI=1S/C18H22F2N4O4S/c1-10(5-14(25)26)13-6-18(19,20)9-24(13)8-12-11(17(27)28-2)7-22-15(23-12)16-21-3-4-29-16/h3-4,10,13H,5-9H2,1-2H3,(H,22,23)(H,25,26). The molecule has 0 aromatic carbocycles. The summed E-state index contributed by atoms with van der Waals surface area (Å²) in [5.74, 6) is -4.56. The maximum absolute atomic E-state index is 14.2. The van der Waals surface area contributed by atoms with Gasteiger partial charge >= 0.3 is 11.9 Å². The second-order valence-electron chi connectivity index (χ2n) is 7.18. The predicted octanol–water partition coefficient (Wildman–Crippen LogP) is 1.74. The van der Waals surface area contributed by atoms with E-state index in [1.807, 2.05) is 0 Å². The Kier molecular flexibility index (Phi) is 6.27. The number of halogens is 2. The van der Waals surface area contributed by atoms with Crippen LogP contribution in [-0.4, -0.2) is 71.5 Å². The lowest BCUT2D eigenvalue weighted by Crippen LogP contribution is -2.42. The van der Waals surface area contributed by atoms with Gasteiger partial charge in [-0.1, -0.05) is 6.92 Å². The Morgan fingerprint density at radius 1 is 1.52 bits per heavy atom. The Morgan fingerprint density at radius 3 is 2.90 bits per heavy atom. The molecule has 2 aliphatic rings. The third kappa shape index (κ3) is 4.96. The van der Waals surface area contributed by atoms with Gasteiger partial charge < -0.3 is 15.2 Å². The molecule has 2 unspecified atom stereocenters. The van der Waals surface area contributed by atoms with Crippen molar-refractivity contribution in [2.24, 2.45) is 10.9 Å². The first kappa shape index (κ1) is 21.3. The molecule has 0 radical (unpaired) electrons. The normalized spacial score (nSPS) is 22.8.